The summed E-state index contributed by atoms with van der Waals surface area (Å²) in [5.41, 5.74) is 3.86. The van der Waals surface area contributed by atoms with E-state index < -0.39 is 0 Å². The zero-order chi connectivity index (χ0) is 24.2. The van der Waals surface area contributed by atoms with Crippen LogP contribution in [-0.4, -0.2) is 45.4 Å². The van der Waals surface area contributed by atoms with E-state index in [0.717, 1.165) is 54.1 Å². The molecule has 1 amide bonds. The maximum atomic E-state index is 12.9. The molecule has 1 aliphatic heterocycles. The number of nitrogens with one attached hydrogen (secondary N) is 1. The number of aryl methyl sites for hydroxylation is 1. The first-order chi connectivity index (χ1) is 17.1. The molecule has 0 unspecified atom stereocenters. The molecule has 1 N–H and O–H groups in total. The summed E-state index contributed by atoms with van der Waals surface area (Å²) < 4.78 is 7.52. The first-order valence-electron chi connectivity index (χ1n) is 12.1. The van der Waals surface area contributed by atoms with Crippen molar-refractivity contribution in [2.75, 3.05) is 24.6 Å². The van der Waals surface area contributed by atoms with Crippen molar-refractivity contribution in [3.05, 3.63) is 72.2 Å². The Morgan fingerprint density at radius 2 is 1.86 bits per heavy atom. The second-order valence-electron chi connectivity index (χ2n) is 8.86. The highest BCUT2D eigenvalue weighted by molar-refractivity contribution is 5.87. The van der Waals surface area contributed by atoms with Gasteiger partial charge in [-0.25, -0.2) is 14.6 Å². The Morgan fingerprint density at radius 1 is 1.09 bits per heavy atom. The Kier molecular flexibility index (Phi) is 6.61. The van der Waals surface area contributed by atoms with Crippen molar-refractivity contribution in [2.24, 2.45) is 5.92 Å². The smallest absolute Gasteiger partial charge is 0.223 e. The third-order valence-electron chi connectivity index (χ3n) is 6.49. The number of carbonyl (C=O) groups excluding carboxylic acids is 1. The summed E-state index contributed by atoms with van der Waals surface area (Å²) in [6.45, 7) is 6.62. The molecule has 35 heavy (non-hydrogen) atoms. The van der Waals surface area contributed by atoms with Gasteiger partial charge in [0.1, 0.15) is 17.9 Å². The number of hydrogen-bond acceptors (Lipinski definition) is 6. The minimum absolute atomic E-state index is 0.0156. The lowest BCUT2D eigenvalue weighted by Gasteiger charge is -2.32. The van der Waals surface area contributed by atoms with Crippen LogP contribution in [0.5, 0.6) is 5.75 Å². The number of nitrogens with zero attached hydrogens (tertiary/aromatic N) is 5. The van der Waals surface area contributed by atoms with Crippen molar-refractivity contribution < 1.29 is 9.53 Å². The van der Waals surface area contributed by atoms with Crippen LogP contribution in [0.4, 0.5) is 5.82 Å². The van der Waals surface area contributed by atoms with Crippen LogP contribution in [0.15, 0.2) is 61.1 Å². The van der Waals surface area contributed by atoms with Gasteiger partial charge in [0.05, 0.1) is 17.7 Å². The van der Waals surface area contributed by atoms with Crippen LogP contribution in [-0.2, 0) is 11.3 Å². The van der Waals surface area contributed by atoms with E-state index in [-0.39, 0.29) is 11.8 Å². The van der Waals surface area contributed by atoms with E-state index in [1.54, 1.807) is 6.33 Å². The number of fused-ring (bicyclic) bond motifs is 1. The zero-order valence-corrected chi connectivity index (χ0v) is 20.1. The maximum absolute atomic E-state index is 12.9. The number of benzene rings is 2. The molecule has 5 rings (SSSR count). The van der Waals surface area contributed by atoms with Crippen molar-refractivity contribution >= 4 is 22.8 Å². The molecule has 0 aliphatic carbocycles. The molecule has 180 valence electrons. The second kappa shape index (κ2) is 10.1. The highest BCUT2D eigenvalue weighted by atomic mass is 16.5. The monoisotopic (exact) mass is 470 g/mol. The number of amides is 1. The zero-order valence-electron chi connectivity index (χ0n) is 20.1. The SMILES string of the molecule is CCOc1ccccc1CNC(=O)C1CCN(c2ncnc3nn(-c4ccc(C)cc4)cc23)CC1. The van der Waals surface area contributed by atoms with E-state index >= 15 is 0 Å². The van der Waals surface area contributed by atoms with Crippen molar-refractivity contribution in [3.63, 3.8) is 0 Å². The van der Waals surface area contributed by atoms with Gasteiger partial charge in [-0.2, -0.15) is 0 Å². The molecule has 3 heterocycles. The Bertz CT molecular complexity index is 1310. The molecule has 0 saturated carbocycles. The summed E-state index contributed by atoms with van der Waals surface area (Å²) in [5.74, 6) is 1.77. The predicted octanol–water partition coefficient (Wildman–Crippen LogP) is 4.06. The van der Waals surface area contributed by atoms with Crippen LogP contribution in [0, 0.1) is 12.8 Å². The fourth-order valence-corrected chi connectivity index (χ4v) is 4.53. The molecule has 1 saturated heterocycles. The lowest BCUT2D eigenvalue weighted by Crippen LogP contribution is -2.40. The second-order valence-corrected chi connectivity index (χ2v) is 8.86. The molecule has 0 bridgehead atoms. The standard InChI is InChI=1S/C27H30N6O2/c1-3-35-24-7-5-4-6-21(24)16-28-27(34)20-12-14-32(15-13-20)26-23-17-33(31-25(23)29-18-30-26)22-10-8-19(2)9-11-22/h4-11,17-18,20H,3,12-16H2,1-2H3,(H,28,34). The minimum Gasteiger partial charge on any atom is -0.494 e. The van der Waals surface area contributed by atoms with E-state index in [0.29, 0.717) is 18.8 Å². The summed E-state index contributed by atoms with van der Waals surface area (Å²) in [6, 6.07) is 16.1. The Balaban J connectivity index is 1.23. The molecule has 1 aliphatic rings. The third kappa shape index (κ3) is 4.96. The van der Waals surface area contributed by atoms with Crippen LogP contribution < -0.4 is 15.0 Å². The molecule has 2 aromatic heterocycles. The van der Waals surface area contributed by atoms with Gasteiger partial charge >= 0.3 is 0 Å². The average molecular weight is 471 g/mol. The summed E-state index contributed by atoms with van der Waals surface area (Å²) in [5, 5.41) is 8.67. The van der Waals surface area contributed by atoms with Gasteiger partial charge in [-0.05, 0) is 44.9 Å². The van der Waals surface area contributed by atoms with Gasteiger partial charge in [0, 0.05) is 37.3 Å². The molecular formula is C27H30N6O2. The number of aromatic nitrogens is 4. The number of anilines is 1. The summed E-state index contributed by atoms with van der Waals surface area (Å²) in [4.78, 5) is 24.1. The molecule has 0 atom stereocenters. The van der Waals surface area contributed by atoms with Gasteiger partial charge < -0.3 is 15.0 Å². The summed E-state index contributed by atoms with van der Waals surface area (Å²) in [7, 11) is 0. The van der Waals surface area contributed by atoms with Crippen molar-refractivity contribution in [3.8, 4) is 11.4 Å². The quantitative estimate of drug-likeness (QED) is 0.439. The van der Waals surface area contributed by atoms with E-state index in [1.165, 1.54) is 5.56 Å². The van der Waals surface area contributed by atoms with Crippen LogP contribution in [0.1, 0.15) is 30.9 Å². The first-order valence-corrected chi connectivity index (χ1v) is 12.1. The topological polar surface area (TPSA) is 85.2 Å². The molecule has 0 radical (unpaired) electrons. The van der Waals surface area contributed by atoms with Gasteiger partial charge in [0.25, 0.3) is 0 Å². The molecule has 1 fully saturated rings. The number of hydrogen-bond donors (Lipinski definition) is 1. The van der Waals surface area contributed by atoms with Gasteiger partial charge in [0.2, 0.25) is 5.91 Å². The normalized spacial score (nSPS) is 14.3. The van der Waals surface area contributed by atoms with E-state index in [1.807, 2.05) is 54.2 Å². The number of rotatable bonds is 7. The number of para-hydroxylation sites is 1. The lowest BCUT2D eigenvalue weighted by atomic mass is 9.95. The molecule has 8 nitrogen and oxygen atoms in total. The average Bonchev–Trinajstić information content (AvgIpc) is 3.33. The van der Waals surface area contributed by atoms with Crippen molar-refractivity contribution in [2.45, 2.75) is 33.2 Å². The number of piperidine rings is 1. The highest BCUT2D eigenvalue weighted by Gasteiger charge is 2.27. The first kappa shape index (κ1) is 22.8. The van der Waals surface area contributed by atoms with Gasteiger partial charge in [0.15, 0.2) is 5.65 Å². The van der Waals surface area contributed by atoms with Crippen molar-refractivity contribution in [1.29, 1.82) is 0 Å². The minimum atomic E-state index is -0.0156. The highest BCUT2D eigenvalue weighted by Crippen LogP contribution is 2.28. The van der Waals surface area contributed by atoms with E-state index in [4.69, 9.17) is 4.74 Å². The van der Waals surface area contributed by atoms with Crippen LogP contribution in [0.2, 0.25) is 0 Å². The molecule has 0 spiro atoms. The third-order valence-corrected chi connectivity index (χ3v) is 6.49. The van der Waals surface area contributed by atoms with Crippen LogP contribution in [0.3, 0.4) is 0 Å². The molecule has 4 aromatic rings. The summed E-state index contributed by atoms with van der Waals surface area (Å²) >= 11 is 0. The number of carbonyl (C=O) groups is 1. The van der Waals surface area contributed by atoms with Crippen LogP contribution >= 0.6 is 0 Å². The lowest BCUT2D eigenvalue weighted by molar-refractivity contribution is -0.125. The van der Waals surface area contributed by atoms with Gasteiger partial charge in [-0.3, -0.25) is 4.79 Å². The molecule has 8 heteroatoms. The van der Waals surface area contributed by atoms with Gasteiger partial charge in [-0.15, -0.1) is 5.10 Å². The Morgan fingerprint density at radius 3 is 2.63 bits per heavy atom. The molecular weight excluding hydrogens is 440 g/mol. The van der Waals surface area contributed by atoms with E-state index in [2.05, 4.69) is 44.3 Å². The Labute approximate surface area is 205 Å². The number of ether oxygens (including phenoxy) is 1. The van der Waals surface area contributed by atoms with Crippen LogP contribution in [0.25, 0.3) is 16.7 Å². The molecule has 2 aromatic carbocycles. The Hall–Kier alpha value is -3.94. The largest absolute Gasteiger partial charge is 0.494 e. The van der Waals surface area contributed by atoms with Gasteiger partial charge in [-0.1, -0.05) is 35.9 Å². The summed E-state index contributed by atoms with van der Waals surface area (Å²) in [6.07, 6.45) is 5.11. The fourth-order valence-electron chi connectivity index (χ4n) is 4.53. The van der Waals surface area contributed by atoms with E-state index in [9.17, 15) is 4.79 Å². The fraction of sp³-hybridized carbons (Fsp3) is 0.333. The van der Waals surface area contributed by atoms with Crippen molar-refractivity contribution in [1.82, 2.24) is 25.1 Å². The predicted molar refractivity (Wildman–Crippen MR) is 136 cm³/mol. The maximum Gasteiger partial charge on any atom is 0.223 e.